The highest BCUT2D eigenvalue weighted by atomic mass is 19.1. The van der Waals surface area contributed by atoms with E-state index in [9.17, 15) is 14.0 Å². The van der Waals surface area contributed by atoms with Gasteiger partial charge in [-0.15, -0.1) is 0 Å². The van der Waals surface area contributed by atoms with Crippen LogP contribution in [0, 0.1) is 26.6 Å². The molecule has 0 unspecified atom stereocenters. The van der Waals surface area contributed by atoms with Crippen molar-refractivity contribution in [2.75, 3.05) is 11.9 Å². The summed E-state index contributed by atoms with van der Waals surface area (Å²) in [5, 5.41) is 3.25. The summed E-state index contributed by atoms with van der Waals surface area (Å²) >= 11 is 0. The van der Waals surface area contributed by atoms with Gasteiger partial charge >= 0.3 is 0 Å². The van der Waals surface area contributed by atoms with E-state index in [4.69, 9.17) is 0 Å². The van der Waals surface area contributed by atoms with Gasteiger partial charge < -0.3 is 5.32 Å². The van der Waals surface area contributed by atoms with Crippen LogP contribution in [0.3, 0.4) is 0 Å². The highest BCUT2D eigenvalue weighted by molar-refractivity contribution is 6.36. The average molecular weight is 429 g/mol. The minimum atomic E-state index is -0.353. The van der Waals surface area contributed by atoms with Crippen molar-refractivity contribution in [3.63, 3.8) is 0 Å². The maximum atomic E-state index is 13.4. The zero-order valence-corrected chi connectivity index (χ0v) is 18.4. The van der Waals surface area contributed by atoms with Crippen LogP contribution in [0.2, 0.25) is 0 Å². The monoisotopic (exact) mass is 428 g/mol. The summed E-state index contributed by atoms with van der Waals surface area (Å²) in [6, 6.07) is 19.6. The number of anilines is 1. The molecule has 0 aliphatic carbocycles. The second-order valence-electron chi connectivity index (χ2n) is 8.20. The van der Waals surface area contributed by atoms with Gasteiger partial charge in [0.1, 0.15) is 11.5 Å². The lowest BCUT2D eigenvalue weighted by Gasteiger charge is -2.16. The number of nitrogens with zero attached hydrogens (tertiary/aromatic N) is 1. The summed E-state index contributed by atoms with van der Waals surface area (Å²) in [5.74, 6) is -0.993. The normalized spacial score (nSPS) is 13.8. The summed E-state index contributed by atoms with van der Waals surface area (Å²) in [7, 11) is 0. The molecule has 0 saturated carbocycles. The molecule has 32 heavy (non-hydrogen) atoms. The topological polar surface area (TPSA) is 49.4 Å². The molecule has 1 heterocycles. The van der Waals surface area contributed by atoms with Crippen LogP contribution in [0.1, 0.15) is 27.8 Å². The molecule has 3 aromatic rings. The van der Waals surface area contributed by atoms with E-state index in [2.05, 4.69) is 5.32 Å². The molecule has 1 aliphatic heterocycles. The third-order valence-electron chi connectivity index (χ3n) is 5.70. The molecule has 0 aromatic heterocycles. The van der Waals surface area contributed by atoms with Gasteiger partial charge in [0.25, 0.3) is 11.8 Å². The van der Waals surface area contributed by atoms with Crippen LogP contribution in [0.25, 0.3) is 5.57 Å². The van der Waals surface area contributed by atoms with Crippen molar-refractivity contribution in [2.24, 2.45) is 0 Å². The highest BCUT2D eigenvalue weighted by Gasteiger charge is 2.39. The van der Waals surface area contributed by atoms with E-state index in [1.165, 1.54) is 17.0 Å². The van der Waals surface area contributed by atoms with Gasteiger partial charge in [-0.1, -0.05) is 54.1 Å². The summed E-state index contributed by atoms with van der Waals surface area (Å²) in [5.41, 5.74) is 6.12. The van der Waals surface area contributed by atoms with E-state index in [-0.39, 0.29) is 29.9 Å². The van der Waals surface area contributed by atoms with E-state index in [0.29, 0.717) is 17.6 Å². The van der Waals surface area contributed by atoms with Crippen molar-refractivity contribution in [3.8, 4) is 0 Å². The zero-order valence-electron chi connectivity index (χ0n) is 18.4. The SMILES string of the molecule is Cc1ccc(C2=C(Nc3cc(C)ccc3C)C(=O)N(CCc3ccc(F)cc3)C2=O)cc1. The first kappa shape index (κ1) is 21.5. The third-order valence-corrected chi connectivity index (χ3v) is 5.70. The summed E-state index contributed by atoms with van der Waals surface area (Å²) in [4.78, 5) is 28.0. The van der Waals surface area contributed by atoms with Crippen LogP contribution in [0.15, 0.2) is 72.4 Å². The molecule has 0 saturated heterocycles. The third kappa shape index (κ3) is 4.33. The van der Waals surface area contributed by atoms with Crippen LogP contribution < -0.4 is 5.32 Å². The maximum absolute atomic E-state index is 13.4. The number of hydrogen-bond acceptors (Lipinski definition) is 3. The fourth-order valence-electron chi connectivity index (χ4n) is 3.78. The predicted molar refractivity (Wildman–Crippen MR) is 124 cm³/mol. The van der Waals surface area contributed by atoms with Crippen LogP contribution >= 0.6 is 0 Å². The lowest BCUT2D eigenvalue weighted by atomic mass is 10.0. The minimum Gasteiger partial charge on any atom is -0.350 e. The van der Waals surface area contributed by atoms with Gasteiger partial charge in [-0.05, 0) is 67.6 Å². The number of carbonyl (C=O) groups is 2. The minimum absolute atomic E-state index is 0.219. The number of hydrogen-bond donors (Lipinski definition) is 1. The molecule has 0 spiro atoms. The van der Waals surface area contributed by atoms with Crippen LogP contribution in [-0.2, 0) is 16.0 Å². The molecule has 1 N–H and O–H groups in total. The lowest BCUT2D eigenvalue weighted by molar-refractivity contribution is -0.136. The van der Waals surface area contributed by atoms with Crippen molar-refractivity contribution in [3.05, 3.63) is 106 Å². The number of nitrogens with one attached hydrogen (secondary N) is 1. The molecule has 0 fully saturated rings. The van der Waals surface area contributed by atoms with Gasteiger partial charge in [0, 0.05) is 12.2 Å². The Morgan fingerprint density at radius 2 is 1.47 bits per heavy atom. The first-order chi connectivity index (χ1) is 15.3. The molecule has 1 aliphatic rings. The summed E-state index contributed by atoms with van der Waals surface area (Å²) in [6.45, 7) is 6.14. The molecular formula is C27H25FN2O2. The number of amides is 2. The van der Waals surface area contributed by atoms with E-state index in [1.807, 2.05) is 63.2 Å². The van der Waals surface area contributed by atoms with E-state index in [0.717, 1.165) is 27.9 Å². The maximum Gasteiger partial charge on any atom is 0.278 e. The molecule has 4 nitrogen and oxygen atoms in total. The first-order valence-electron chi connectivity index (χ1n) is 10.6. The number of rotatable bonds is 6. The van der Waals surface area contributed by atoms with Crippen LogP contribution in [-0.4, -0.2) is 23.3 Å². The van der Waals surface area contributed by atoms with E-state index in [1.54, 1.807) is 12.1 Å². The Kier molecular flexibility index (Phi) is 5.91. The Labute approximate surface area is 187 Å². The van der Waals surface area contributed by atoms with Gasteiger partial charge in [-0.3, -0.25) is 14.5 Å². The largest absolute Gasteiger partial charge is 0.350 e. The fraction of sp³-hybridized carbons (Fsp3) is 0.185. The Morgan fingerprint density at radius 3 is 2.16 bits per heavy atom. The Hall–Kier alpha value is -3.73. The van der Waals surface area contributed by atoms with Crippen molar-refractivity contribution in [1.82, 2.24) is 4.90 Å². The van der Waals surface area contributed by atoms with Gasteiger partial charge in [0.2, 0.25) is 0 Å². The average Bonchev–Trinajstić information content (AvgIpc) is 3.00. The van der Waals surface area contributed by atoms with Crippen molar-refractivity contribution >= 4 is 23.1 Å². The number of carbonyl (C=O) groups excluding carboxylic acids is 2. The summed E-state index contributed by atoms with van der Waals surface area (Å²) in [6.07, 6.45) is 0.454. The standard InChI is InChI=1S/C27H25FN2O2/c1-17-5-10-21(11-6-17)24-25(29-23-16-18(2)4-7-19(23)3)27(32)30(26(24)31)15-14-20-8-12-22(28)13-9-20/h4-13,16,29H,14-15H2,1-3H3. The van der Waals surface area contributed by atoms with E-state index < -0.39 is 0 Å². The highest BCUT2D eigenvalue weighted by Crippen LogP contribution is 2.32. The Bertz CT molecular complexity index is 1210. The van der Waals surface area contributed by atoms with Gasteiger partial charge in [-0.2, -0.15) is 0 Å². The van der Waals surface area contributed by atoms with Crippen molar-refractivity contribution in [2.45, 2.75) is 27.2 Å². The smallest absolute Gasteiger partial charge is 0.278 e. The fourth-order valence-corrected chi connectivity index (χ4v) is 3.78. The Balaban J connectivity index is 1.68. The zero-order chi connectivity index (χ0) is 22.8. The molecule has 0 atom stereocenters. The first-order valence-corrected chi connectivity index (χ1v) is 10.6. The molecular weight excluding hydrogens is 403 g/mol. The molecule has 4 rings (SSSR count). The number of imide groups is 1. The van der Waals surface area contributed by atoms with E-state index >= 15 is 0 Å². The van der Waals surface area contributed by atoms with Crippen molar-refractivity contribution < 1.29 is 14.0 Å². The number of halogens is 1. The number of benzene rings is 3. The summed E-state index contributed by atoms with van der Waals surface area (Å²) < 4.78 is 13.2. The predicted octanol–water partition coefficient (Wildman–Crippen LogP) is 5.19. The molecule has 2 amide bonds. The molecule has 0 bridgehead atoms. The molecule has 3 aromatic carbocycles. The lowest BCUT2D eigenvalue weighted by Crippen LogP contribution is -2.34. The molecule has 0 radical (unpaired) electrons. The second kappa shape index (κ2) is 8.79. The Morgan fingerprint density at radius 1 is 0.812 bits per heavy atom. The number of aryl methyl sites for hydroxylation is 3. The van der Waals surface area contributed by atoms with Crippen LogP contribution in [0.5, 0.6) is 0 Å². The van der Waals surface area contributed by atoms with Gasteiger partial charge in [-0.25, -0.2) is 4.39 Å². The molecule has 5 heteroatoms. The second-order valence-corrected chi connectivity index (χ2v) is 8.20. The van der Waals surface area contributed by atoms with Gasteiger partial charge in [0.15, 0.2) is 0 Å². The van der Waals surface area contributed by atoms with Crippen molar-refractivity contribution in [1.29, 1.82) is 0 Å². The molecule has 162 valence electrons. The van der Waals surface area contributed by atoms with Gasteiger partial charge in [0.05, 0.1) is 5.57 Å². The quantitative estimate of drug-likeness (QED) is 0.550. The van der Waals surface area contributed by atoms with Crippen LogP contribution in [0.4, 0.5) is 10.1 Å².